The van der Waals surface area contributed by atoms with Gasteiger partial charge in [0.1, 0.15) is 5.82 Å². The summed E-state index contributed by atoms with van der Waals surface area (Å²) in [6.45, 7) is 3.61. The van der Waals surface area contributed by atoms with E-state index in [0.29, 0.717) is 16.8 Å². The second-order valence-electron chi connectivity index (χ2n) is 4.85. The lowest BCUT2D eigenvalue weighted by Gasteiger charge is -2.15. The van der Waals surface area contributed by atoms with E-state index in [4.69, 9.17) is 5.73 Å². The first-order chi connectivity index (χ1) is 9.47. The zero-order chi connectivity index (χ0) is 14.7. The lowest BCUT2D eigenvalue weighted by molar-refractivity contribution is 0.0939. The van der Waals surface area contributed by atoms with Crippen LogP contribution in [0.4, 0.5) is 10.1 Å². The molecule has 0 bridgehead atoms. The predicted octanol–water partition coefficient (Wildman–Crippen LogP) is 3.21. The quantitative estimate of drug-likeness (QED) is 0.843. The number of rotatable bonds is 3. The highest BCUT2D eigenvalue weighted by Crippen LogP contribution is 2.17. The van der Waals surface area contributed by atoms with Crippen LogP contribution in [0.2, 0.25) is 0 Å². The minimum atomic E-state index is -0.412. The van der Waals surface area contributed by atoms with E-state index in [1.807, 2.05) is 6.92 Å². The third kappa shape index (κ3) is 3.15. The van der Waals surface area contributed by atoms with E-state index in [-0.39, 0.29) is 11.7 Å². The summed E-state index contributed by atoms with van der Waals surface area (Å²) in [5.74, 6) is -0.597. The predicted molar refractivity (Wildman–Crippen MR) is 77.9 cm³/mol. The van der Waals surface area contributed by atoms with Crippen LogP contribution in [0.5, 0.6) is 0 Å². The first kappa shape index (κ1) is 14.1. The van der Waals surface area contributed by atoms with Crippen molar-refractivity contribution >= 4 is 11.6 Å². The van der Waals surface area contributed by atoms with Crippen molar-refractivity contribution in [3.8, 4) is 0 Å². The Balaban J connectivity index is 2.17. The molecule has 1 amide bonds. The molecule has 0 aliphatic carbocycles. The van der Waals surface area contributed by atoms with Crippen molar-refractivity contribution in [2.24, 2.45) is 0 Å². The minimum absolute atomic E-state index is 0.267. The van der Waals surface area contributed by atoms with Gasteiger partial charge >= 0.3 is 0 Å². The van der Waals surface area contributed by atoms with Gasteiger partial charge < -0.3 is 11.1 Å². The number of nitrogen functional groups attached to an aromatic ring is 1. The molecule has 0 fully saturated rings. The summed E-state index contributed by atoms with van der Waals surface area (Å²) in [6, 6.07) is 11.1. The molecule has 2 aromatic carbocycles. The molecule has 4 heteroatoms. The molecule has 0 aromatic heterocycles. The lowest BCUT2D eigenvalue weighted by atomic mass is 10.1. The Labute approximate surface area is 117 Å². The first-order valence-electron chi connectivity index (χ1n) is 6.40. The van der Waals surface area contributed by atoms with Gasteiger partial charge in [-0.1, -0.05) is 18.2 Å². The molecule has 0 saturated heterocycles. The monoisotopic (exact) mass is 272 g/mol. The van der Waals surface area contributed by atoms with Crippen molar-refractivity contribution in [1.29, 1.82) is 0 Å². The van der Waals surface area contributed by atoms with Gasteiger partial charge in [0.05, 0.1) is 6.04 Å². The molecule has 0 aliphatic rings. The highest BCUT2D eigenvalue weighted by Gasteiger charge is 2.14. The van der Waals surface area contributed by atoms with Gasteiger partial charge in [-0.3, -0.25) is 4.79 Å². The van der Waals surface area contributed by atoms with Crippen molar-refractivity contribution in [1.82, 2.24) is 5.32 Å². The summed E-state index contributed by atoms with van der Waals surface area (Å²) in [5, 5.41) is 2.77. The van der Waals surface area contributed by atoms with Crippen LogP contribution >= 0.6 is 0 Å². The fourth-order valence-electron chi connectivity index (χ4n) is 2.13. The Morgan fingerprint density at radius 1 is 1.25 bits per heavy atom. The van der Waals surface area contributed by atoms with Crippen LogP contribution in [0.3, 0.4) is 0 Å². The van der Waals surface area contributed by atoms with E-state index in [1.54, 1.807) is 43.3 Å². The Kier molecular flexibility index (Phi) is 4.03. The maximum atomic E-state index is 13.6. The highest BCUT2D eigenvalue weighted by molar-refractivity contribution is 5.95. The summed E-state index contributed by atoms with van der Waals surface area (Å²) in [4.78, 5) is 12.2. The zero-order valence-corrected chi connectivity index (χ0v) is 11.5. The minimum Gasteiger partial charge on any atom is -0.399 e. The van der Waals surface area contributed by atoms with Gasteiger partial charge in [0.2, 0.25) is 0 Å². The Hall–Kier alpha value is -2.36. The maximum absolute atomic E-state index is 13.6. The number of hydrogen-bond acceptors (Lipinski definition) is 2. The van der Waals surface area contributed by atoms with E-state index in [0.717, 1.165) is 5.56 Å². The van der Waals surface area contributed by atoms with Crippen LogP contribution in [0.1, 0.15) is 34.5 Å². The third-order valence-corrected chi connectivity index (χ3v) is 3.08. The summed E-state index contributed by atoms with van der Waals surface area (Å²) in [5.41, 5.74) is 8.11. The average molecular weight is 272 g/mol. The first-order valence-corrected chi connectivity index (χ1v) is 6.40. The third-order valence-electron chi connectivity index (χ3n) is 3.08. The van der Waals surface area contributed by atoms with E-state index in [2.05, 4.69) is 5.32 Å². The van der Waals surface area contributed by atoms with Gasteiger partial charge in [-0.25, -0.2) is 4.39 Å². The van der Waals surface area contributed by atoms with E-state index in [9.17, 15) is 9.18 Å². The number of carbonyl (C=O) groups excluding carboxylic acids is 1. The number of nitrogens with one attached hydrogen (secondary N) is 1. The van der Waals surface area contributed by atoms with Crippen LogP contribution in [-0.4, -0.2) is 5.91 Å². The molecule has 0 radical (unpaired) electrons. The molecule has 1 atom stereocenters. The van der Waals surface area contributed by atoms with Crippen molar-refractivity contribution in [2.45, 2.75) is 19.9 Å². The Bertz CT molecular complexity index is 620. The maximum Gasteiger partial charge on any atom is 0.251 e. The normalized spacial score (nSPS) is 11.9. The summed E-state index contributed by atoms with van der Waals surface area (Å²) >= 11 is 0. The fourth-order valence-corrected chi connectivity index (χ4v) is 2.13. The van der Waals surface area contributed by atoms with Crippen molar-refractivity contribution in [3.63, 3.8) is 0 Å². The smallest absolute Gasteiger partial charge is 0.251 e. The second kappa shape index (κ2) is 5.74. The van der Waals surface area contributed by atoms with Gasteiger partial charge in [0.25, 0.3) is 5.91 Å². The van der Waals surface area contributed by atoms with Gasteiger partial charge in [0.15, 0.2) is 0 Å². The molecular formula is C16H17FN2O. The molecule has 0 saturated carbocycles. The fraction of sp³-hybridized carbons (Fsp3) is 0.188. The molecule has 2 rings (SSSR count). The van der Waals surface area contributed by atoms with Gasteiger partial charge in [-0.2, -0.15) is 0 Å². The van der Waals surface area contributed by atoms with Crippen LogP contribution in [-0.2, 0) is 0 Å². The number of benzene rings is 2. The van der Waals surface area contributed by atoms with Crippen molar-refractivity contribution < 1.29 is 9.18 Å². The number of anilines is 1. The Morgan fingerprint density at radius 3 is 2.60 bits per heavy atom. The van der Waals surface area contributed by atoms with Crippen LogP contribution in [0, 0.1) is 12.7 Å². The largest absolute Gasteiger partial charge is 0.399 e. The molecule has 104 valence electrons. The molecule has 0 heterocycles. The number of nitrogens with two attached hydrogens (primary N) is 1. The lowest BCUT2D eigenvalue weighted by Crippen LogP contribution is -2.27. The summed E-state index contributed by atoms with van der Waals surface area (Å²) in [6.07, 6.45) is 0. The van der Waals surface area contributed by atoms with Gasteiger partial charge in [-0.15, -0.1) is 0 Å². The molecule has 1 unspecified atom stereocenters. The Morgan fingerprint density at radius 2 is 1.95 bits per heavy atom. The van der Waals surface area contributed by atoms with Gasteiger partial charge in [0, 0.05) is 16.8 Å². The number of hydrogen-bond donors (Lipinski definition) is 2. The SMILES string of the molecule is Cc1cc(N)cc(C(=O)NC(C)c2ccccc2F)c1. The number of halogens is 1. The van der Waals surface area contributed by atoms with Crippen LogP contribution in [0.15, 0.2) is 42.5 Å². The average Bonchev–Trinajstić information content (AvgIpc) is 2.37. The van der Waals surface area contributed by atoms with Crippen LogP contribution < -0.4 is 11.1 Å². The molecule has 0 aliphatic heterocycles. The molecule has 20 heavy (non-hydrogen) atoms. The number of aryl methyl sites for hydroxylation is 1. The molecular weight excluding hydrogens is 255 g/mol. The van der Waals surface area contributed by atoms with Crippen LogP contribution in [0.25, 0.3) is 0 Å². The summed E-state index contributed by atoms with van der Waals surface area (Å²) in [7, 11) is 0. The summed E-state index contributed by atoms with van der Waals surface area (Å²) < 4.78 is 13.6. The standard InChI is InChI=1S/C16H17FN2O/c1-10-7-12(9-13(18)8-10)16(20)19-11(2)14-5-3-4-6-15(14)17/h3-9,11H,18H2,1-2H3,(H,19,20). The number of amides is 1. The van der Waals surface area contributed by atoms with E-state index >= 15 is 0 Å². The topological polar surface area (TPSA) is 55.1 Å². The molecule has 2 aromatic rings. The molecule has 3 nitrogen and oxygen atoms in total. The van der Waals surface area contributed by atoms with E-state index < -0.39 is 6.04 Å². The van der Waals surface area contributed by atoms with E-state index in [1.165, 1.54) is 6.07 Å². The van der Waals surface area contributed by atoms with Crippen molar-refractivity contribution in [2.75, 3.05) is 5.73 Å². The molecule has 0 spiro atoms. The zero-order valence-electron chi connectivity index (χ0n) is 11.5. The molecule has 3 N–H and O–H groups in total. The highest BCUT2D eigenvalue weighted by atomic mass is 19.1. The van der Waals surface area contributed by atoms with Gasteiger partial charge in [-0.05, 0) is 43.7 Å². The van der Waals surface area contributed by atoms with Crippen molar-refractivity contribution in [3.05, 3.63) is 65.0 Å². The number of carbonyl (C=O) groups is 1. The second-order valence-corrected chi connectivity index (χ2v) is 4.85.